The molecule has 0 spiro atoms. The van der Waals surface area contributed by atoms with Gasteiger partial charge >= 0.3 is 0 Å². The van der Waals surface area contributed by atoms with E-state index >= 15 is 0 Å². The van der Waals surface area contributed by atoms with Crippen LogP contribution in [-0.4, -0.2) is 28.4 Å². The fourth-order valence-corrected chi connectivity index (χ4v) is 3.01. The van der Waals surface area contributed by atoms with Crippen molar-refractivity contribution in [3.63, 3.8) is 0 Å². The smallest absolute Gasteiger partial charge is 0.271 e. The van der Waals surface area contributed by atoms with Gasteiger partial charge in [0.05, 0.1) is 12.3 Å². The van der Waals surface area contributed by atoms with Gasteiger partial charge in [0.1, 0.15) is 5.75 Å². The highest BCUT2D eigenvalue weighted by Crippen LogP contribution is 2.18. The summed E-state index contributed by atoms with van der Waals surface area (Å²) in [5, 5.41) is 7.12. The Morgan fingerprint density at radius 2 is 1.87 bits per heavy atom. The molecule has 0 unspecified atom stereocenters. The highest BCUT2D eigenvalue weighted by Gasteiger charge is 2.17. The van der Waals surface area contributed by atoms with Crippen LogP contribution in [0.25, 0.3) is 5.69 Å². The van der Waals surface area contributed by atoms with Crippen LogP contribution < -0.4 is 20.3 Å². The van der Waals surface area contributed by atoms with E-state index in [1.165, 1.54) is 16.8 Å². The maximum Gasteiger partial charge on any atom is 0.271 e. The summed E-state index contributed by atoms with van der Waals surface area (Å²) in [5.74, 6) is 0.633. The molecule has 7 heteroatoms. The van der Waals surface area contributed by atoms with Gasteiger partial charge < -0.3 is 14.8 Å². The van der Waals surface area contributed by atoms with Crippen LogP contribution in [0.3, 0.4) is 0 Å². The van der Waals surface area contributed by atoms with E-state index in [1.54, 1.807) is 6.92 Å². The van der Waals surface area contributed by atoms with E-state index in [9.17, 15) is 9.59 Å². The summed E-state index contributed by atoms with van der Waals surface area (Å²) in [5.41, 5.74) is 3.42. The normalized spacial score (nSPS) is 11.6. The second-order valence-electron chi connectivity index (χ2n) is 7.21. The lowest BCUT2D eigenvalue weighted by molar-refractivity contribution is -0.127. The molecule has 0 saturated carbocycles. The molecular weight excluding hydrogens is 394 g/mol. The zero-order chi connectivity index (χ0) is 22.4. The quantitative estimate of drug-likeness (QED) is 0.603. The van der Waals surface area contributed by atoms with Gasteiger partial charge in [-0.25, -0.2) is 0 Å². The zero-order valence-electron chi connectivity index (χ0n) is 18.2. The monoisotopic (exact) mass is 421 g/mol. The maximum atomic E-state index is 12.5. The second kappa shape index (κ2) is 9.93. The van der Waals surface area contributed by atoms with E-state index in [0.717, 1.165) is 22.4 Å². The van der Waals surface area contributed by atoms with E-state index in [1.807, 2.05) is 63.2 Å². The number of nitrogens with zero attached hydrogens (tertiary/aromatic N) is 2. The van der Waals surface area contributed by atoms with Crippen molar-refractivity contribution in [2.75, 3.05) is 6.61 Å². The average Bonchev–Trinajstić information content (AvgIpc) is 2.76. The molecule has 3 rings (SSSR count). The van der Waals surface area contributed by atoms with Gasteiger partial charge in [0.25, 0.3) is 11.5 Å². The Kier molecular flexibility index (Phi) is 7.07. The van der Waals surface area contributed by atoms with Crippen molar-refractivity contribution in [3.8, 4) is 17.3 Å². The summed E-state index contributed by atoms with van der Waals surface area (Å²) in [6.07, 6.45) is -0.794. The van der Waals surface area contributed by atoms with E-state index < -0.39 is 6.10 Å². The SMILES string of the molecule is CCOc1ccccc1CNC(=O)[C@@H](C)Oc1ccc(=O)n(-c2ccc(C)c(C)c2)n1. The predicted molar refractivity (Wildman–Crippen MR) is 119 cm³/mol. The van der Waals surface area contributed by atoms with Gasteiger partial charge in [-0.15, -0.1) is 5.10 Å². The lowest BCUT2D eigenvalue weighted by Gasteiger charge is -2.16. The van der Waals surface area contributed by atoms with E-state index in [2.05, 4.69) is 10.4 Å². The molecule has 1 aromatic heterocycles. The van der Waals surface area contributed by atoms with Gasteiger partial charge in [0.15, 0.2) is 6.10 Å². The lowest BCUT2D eigenvalue weighted by atomic mass is 10.1. The fraction of sp³-hybridized carbons (Fsp3) is 0.292. The highest BCUT2D eigenvalue weighted by atomic mass is 16.5. The van der Waals surface area contributed by atoms with Crippen molar-refractivity contribution in [1.29, 1.82) is 0 Å². The van der Waals surface area contributed by atoms with Crippen LogP contribution in [0.15, 0.2) is 59.4 Å². The van der Waals surface area contributed by atoms with Crippen LogP contribution in [0.4, 0.5) is 0 Å². The van der Waals surface area contributed by atoms with Crippen molar-refractivity contribution in [2.24, 2.45) is 0 Å². The average molecular weight is 421 g/mol. The molecule has 0 bridgehead atoms. The van der Waals surface area contributed by atoms with Gasteiger partial charge in [-0.2, -0.15) is 4.68 Å². The third-order valence-corrected chi connectivity index (χ3v) is 4.90. The minimum absolute atomic E-state index is 0.190. The molecule has 1 amide bonds. The van der Waals surface area contributed by atoms with Crippen molar-refractivity contribution in [1.82, 2.24) is 15.1 Å². The van der Waals surface area contributed by atoms with E-state index in [0.29, 0.717) is 18.8 Å². The molecule has 162 valence electrons. The summed E-state index contributed by atoms with van der Waals surface area (Å²) >= 11 is 0. The minimum Gasteiger partial charge on any atom is -0.494 e. The maximum absolute atomic E-state index is 12.5. The molecule has 31 heavy (non-hydrogen) atoms. The number of carbonyl (C=O) groups excluding carboxylic acids is 1. The van der Waals surface area contributed by atoms with Crippen molar-refractivity contribution < 1.29 is 14.3 Å². The first-order valence-corrected chi connectivity index (χ1v) is 10.2. The fourth-order valence-electron chi connectivity index (χ4n) is 3.01. The Morgan fingerprint density at radius 3 is 2.61 bits per heavy atom. The first-order chi connectivity index (χ1) is 14.9. The topological polar surface area (TPSA) is 82.5 Å². The molecule has 0 aliphatic rings. The number of carbonyl (C=O) groups is 1. The van der Waals surface area contributed by atoms with Crippen LogP contribution >= 0.6 is 0 Å². The first-order valence-electron chi connectivity index (χ1n) is 10.2. The third-order valence-electron chi connectivity index (χ3n) is 4.90. The Balaban J connectivity index is 1.69. The number of para-hydroxylation sites is 1. The molecule has 0 aliphatic carbocycles. The van der Waals surface area contributed by atoms with Crippen LogP contribution in [0.1, 0.15) is 30.5 Å². The number of hydrogen-bond donors (Lipinski definition) is 1. The minimum atomic E-state index is -0.794. The zero-order valence-corrected chi connectivity index (χ0v) is 18.2. The molecule has 0 fully saturated rings. The third kappa shape index (κ3) is 5.51. The highest BCUT2D eigenvalue weighted by molar-refractivity contribution is 5.80. The van der Waals surface area contributed by atoms with Crippen LogP contribution in [0.5, 0.6) is 11.6 Å². The standard InChI is InChI=1S/C24H27N3O4/c1-5-30-21-9-7-6-8-19(21)15-25-24(29)18(4)31-22-12-13-23(28)27(26-22)20-11-10-16(2)17(3)14-20/h6-14,18H,5,15H2,1-4H3,(H,25,29)/t18-/m1/s1. The molecule has 1 atom stereocenters. The molecular formula is C24H27N3O4. The Hall–Kier alpha value is -3.61. The van der Waals surface area contributed by atoms with Gasteiger partial charge in [0.2, 0.25) is 5.88 Å². The Labute approximate surface area is 181 Å². The summed E-state index contributed by atoms with van der Waals surface area (Å²) in [6, 6.07) is 16.0. The van der Waals surface area contributed by atoms with Crippen molar-refractivity contribution >= 4 is 5.91 Å². The molecule has 2 aromatic carbocycles. The predicted octanol–water partition coefficient (Wildman–Crippen LogP) is 3.33. The first kappa shape index (κ1) is 22.1. The number of aromatic nitrogens is 2. The second-order valence-corrected chi connectivity index (χ2v) is 7.21. The van der Waals surface area contributed by atoms with Crippen molar-refractivity contribution in [2.45, 2.75) is 40.3 Å². The summed E-state index contributed by atoms with van der Waals surface area (Å²) in [7, 11) is 0. The van der Waals surface area contributed by atoms with Gasteiger partial charge in [0, 0.05) is 24.2 Å². The molecule has 7 nitrogen and oxygen atoms in total. The van der Waals surface area contributed by atoms with Crippen LogP contribution in [-0.2, 0) is 11.3 Å². The molecule has 1 N–H and O–H groups in total. The number of aryl methyl sites for hydroxylation is 2. The Bertz CT molecular complexity index is 1120. The van der Waals surface area contributed by atoms with Gasteiger partial charge in [-0.1, -0.05) is 24.3 Å². The van der Waals surface area contributed by atoms with Gasteiger partial charge in [-0.3, -0.25) is 9.59 Å². The van der Waals surface area contributed by atoms with E-state index in [4.69, 9.17) is 9.47 Å². The Morgan fingerprint density at radius 1 is 1.10 bits per heavy atom. The summed E-state index contributed by atoms with van der Waals surface area (Å²) < 4.78 is 12.6. The number of rotatable bonds is 8. The lowest BCUT2D eigenvalue weighted by Crippen LogP contribution is -2.36. The summed E-state index contributed by atoms with van der Waals surface area (Å²) in [6.45, 7) is 8.39. The molecule has 1 heterocycles. The number of amides is 1. The number of nitrogens with one attached hydrogen (secondary N) is 1. The largest absolute Gasteiger partial charge is 0.494 e. The van der Waals surface area contributed by atoms with Crippen LogP contribution in [0.2, 0.25) is 0 Å². The molecule has 0 aliphatic heterocycles. The van der Waals surface area contributed by atoms with Crippen LogP contribution in [0, 0.1) is 13.8 Å². The van der Waals surface area contributed by atoms with Crippen molar-refractivity contribution in [3.05, 3.63) is 81.6 Å². The number of ether oxygens (including phenoxy) is 2. The summed E-state index contributed by atoms with van der Waals surface area (Å²) in [4.78, 5) is 24.8. The molecule has 3 aromatic rings. The van der Waals surface area contributed by atoms with Gasteiger partial charge in [-0.05, 0) is 57.0 Å². The van der Waals surface area contributed by atoms with E-state index in [-0.39, 0.29) is 17.3 Å². The number of hydrogen-bond acceptors (Lipinski definition) is 5. The molecule has 0 radical (unpaired) electrons. The number of benzene rings is 2. The molecule has 0 saturated heterocycles.